The van der Waals surface area contributed by atoms with Gasteiger partial charge in [-0.15, -0.1) is 0 Å². The maximum Gasteiger partial charge on any atom is 0.356 e. The molecular formula is C14H11FN2O2. The zero-order chi connectivity index (χ0) is 13.1. The Morgan fingerprint density at radius 1 is 1.42 bits per heavy atom. The van der Waals surface area contributed by atoms with E-state index in [1.807, 2.05) is 0 Å². The van der Waals surface area contributed by atoms with E-state index in [1.165, 1.54) is 10.7 Å². The van der Waals surface area contributed by atoms with E-state index in [-0.39, 0.29) is 11.5 Å². The summed E-state index contributed by atoms with van der Waals surface area (Å²) in [5.74, 6) is -0.527. The van der Waals surface area contributed by atoms with Gasteiger partial charge in [-0.3, -0.25) is 0 Å². The number of rotatable bonds is 2. The van der Waals surface area contributed by atoms with Gasteiger partial charge in [-0.1, -0.05) is 12.1 Å². The third kappa shape index (κ3) is 1.38. The molecule has 1 aromatic heterocycles. The summed E-state index contributed by atoms with van der Waals surface area (Å²) in [4.78, 5) is 11.2. The van der Waals surface area contributed by atoms with Gasteiger partial charge in [-0.25, -0.2) is 13.9 Å². The first-order valence-electron chi connectivity index (χ1n) is 6.27. The van der Waals surface area contributed by atoms with E-state index in [0.29, 0.717) is 17.5 Å². The van der Waals surface area contributed by atoms with Gasteiger partial charge >= 0.3 is 5.97 Å². The number of carboxylic acid groups (broad SMARTS) is 1. The highest BCUT2D eigenvalue weighted by molar-refractivity contribution is 5.88. The summed E-state index contributed by atoms with van der Waals surface area (Å²) in [6, 6.07) is 6.33. The van der Waals surface area contributed by atoms with E-state index in [0.717, 1.165) is 24.1 Å². The lowest BCUT2D eigenvalue weighted by molar-refractivity contribution is 0.0688. The summed E-state index contributed by atoms with van der Waals surface area (Å²) in [6.45, 7) is 0. The number of hydrogen-bond donors (Lipinski definition) is 1. The monoisotopic (exact) mass is 258 g/mol. The van der Waals surface area contributed by atoms with Gasteiger partial charge in [0, 0.05) is 11.5 Å². The van der Waals surface area contributed by atoms with Crippen LogP contribution in [0.3, 0.4) is 0 Å². The SMILES string of the molecule is O=C(O)c1nn(-c2ccccc2F)c2c1C[C@H]1C[C@@H]21. The molecule has 1 heterocycles. The summed E-state index contributed by atoms with van der Waals surface area (Å²) in [6.07, 6.45) is 1.82. The van der Waals surface area contributed by atoms with Crippen molar-refractivity contribution in [1.29, 1.82) is 0 Å². The molecule has 2 aromatic rings. The van der Waals surface area contributed by atoms with Gasteiger partial charge in [0.1, 0.15) is 11.5 Å². The molecule has 4 rings (SSSR count). The van der Waals surface area contributed by atoms with Crippen LogP contribution in [0.5, 0.6) is 0 Å². The van der Waals surface area contributed by atoms with Gasteiger partial charge in [-0.2, -0.15) is 5.10 Å². The van der Waals surface area contributed by atoms with Crippen LogP contribution in [0, 0.1) is 11.7 Å². The maximum atomic E-state index is 13.9. The van der Waals surface area contributed by atoms with Crippen LogP contribution in [-0.2, 0) is 6.42 Å². The second kappa shape index (κ2) is 3.44. The summed E-state index contributed by atoms with van der Waals surface area (Å²) in [5.41, 5.74) is 2.09. The third-order valence-corrected chi connectivity index (χ3v) is 4.05. The number of nitrogens with zero attached hydrogens (tertiary/aromatic N) is 2. The van der Waals surface area contributed by atoms with E-state index in [4.69, 9.17) is 0 Å². The summed E-state index contributed by atoms with van der Waals surface area (Å²) >= 11 is 0. The molecule has 0 radical (unpaired) electrons. The van der Waals surface area contributed by atoms with Crippen molar-refractivity contribution >= 4 is 5.97 Å². The van der Waals surface area contributed by atoms with Crippen LogP contribution >= 0.6 is 0 Å². The van der Waals surface area contributed by atoms with Crippen LogP contribution in [0.4, 0.5) is 4.39 Å². The Kier molecular flexibility index (Phi) is 1.94. The van der Waals surface area contributed by atoms with Gasteiger partial charge < -0.3 is 5.11 Å². The Morgan fingerprint density at radius 2 is 2.21 bits per heavy atom. The fourth-order valence-electron chi connectivity index (χ4n) is 3.09. The highest BCUT2D eigenvalue weighted by Gasteiger charge is 2.50. The first-order chi connectivity index (χ1) is 9.16. The molecule has 5 heteroatoms. The lowest BCUT2D eigenvalue weighted by Crippen LogP contribution is -2.05. The number of carboxylic acids is 1. The van der Waals surface area contributed by atoms with Crippen molar-refractivity contribution in [2.45, 2.75) is 18.8 Å². The first-order valence-corrected chi connectivity index (χ1v) is 6.27. The van der Waals surface area contributed by atoms with Gasteiger partial charge in [0.15, 0.2) is 5.69 Å². The Labute approximate surface area is 108 Å². The number of aromatic nitrogens is 2. The number of carbonyl (C=O) groups is 1. The second-order valence-electron chi connectivity index (χ2n) is 5.19. The van der Waals surface area contributed by atoms with E-state index in [1.54, 1.807) is 18.2 Å². The third-order valence-electron chi connectivity index (χ3n) is 4.05. The number of fused-ring (bicyclic) bond motifs is 3. The molecule has 2 aliphatic rings. The van der Waals surface area contributed by atoms with Crippen molar-refractivity contribution in [2.75, 3.05) is 0 Å². The molecule has 1 fully saturated rings. The number of aromatic carboxylic acids is 1. The van der Waals surface area contributed by atoms with Crippen molar-refractivity contribution in [3.05, 3.63) is 47.0 Å². The average Bonchev–Trinajstić information content (AvgIpc) is 2.89. The largest absolute Gasteiger partial charge is 0.476 e. The maximum absolute atomic E-state index is 13.9. The lowest BCUT2D eigenvalue weighted by atomic mass is 10.1. The fraction of sp³-hybridized carbons (Fsp3) is 0.286. The van der Waals surface area contributed by atoms with Crippen molar-refractivity contribution in [3.8, 4) is 5.69 Å². The molecule has 0 amide bonds. The minimum Gasteiger partial charge on any atom is -0.476 e. The molecule has 2 aliphatic carbocycles. The van der Waals surface area contributed by atoms with Crippen molar-refractivity contribution in [2.24, 2.45) is 5.92 Å². The molecular weight excluding hydrogens is 247 g/mol. The van der Waals surface area contributed by atoms with Crippen LogP contribution in [-0.4, -0.2) is 20.9 Å². The zero-order valence-corrected chi connectivity index (χ0v) is 10.0. The standard InChI is InChI=1S/C14H11FN2O2/c15-10-3-1-2-4-11(10)17-13-8-5-7(8)6-9(13)12(16-17)14(18)19/h1-4,7-8H,5-6H2,(H,18,19)/t7-,8-/m1/s1. The van der Waals surface area contributed by atoms with Crippen LogP contribution in [0.25, 0.3) is 5.69 Å². The fourth-order valence-corrected chi connectivity index (χ4v) is 3.09. The van der Waals surface area contributed by atoms with Crippen molar-refractivity contribution in [1.82, 2.24) is 9.78 Å². The minimum atomic E-state index is -1.03. The predicted octanol–water partition coefficient (Wildman–Crippen LogP) is 2.37. The Hall–Kier alpha value is -2.17. The van der Waals surface area contributed by atoms with E-state index in [9.17, 15) is 14.3 Å². The number of halogens is 1. The molecule has 2 atom stereocenters. The summed E-state index contributed by atoms with van der Waals surface area (Å²) < 4.78 is 15.4. The zero-order valence-electron chi connectivity index (χ0n) is 10.0. The van der Waals surface area contributed by atoms with Crippen LogP contribution in [0.2, 0.25) is 0 Å². The molecule has 1 aromatic carbocycles. The van der Waals surface area contributed by atoms with Crippen LogP contribution in [0.15, 0.2) is 24.3 Å². The van der Waals surface area contributed by atoms with Gasteiger partial charge in [-0.05, 0) is 30.9 Å². The Bertz CT molecular complexity index is 707. The summed E-state index contributed by atoms with van der Waals surface area (Å²) in [7, 11) is 0. The van der Waals surface area contributed by atoms with Crippen LogP contribution < -0.4 is 0 Å². The molecule has 0 unspecified atom stereocenters. The van der Waals surface area contributed by atoms with Gasteiger partial charge in [0.2, 0.25) is 0 Å². The molecule has 0 saturated heterocycles. The topological polar surface area (TPSA) is 55.1 Å². The van der Waals surface area contributed by atoms with E-state index < -0.39 is 5.97 Å². The predicted molar refractivity (Wildman–Crippen MR) is 65.0 cm³/mol. The molecule has 96 valence electrons. The average molecular weight is 258 g/mol. The lowest BCUT2D eigenvalue weighted by Gasteiger charge is -2.07. The Balaban J connectivity index is 1.97. The molecule has 19 heavy (non-hydrogen) atoms. The van der Waals surface area contributed by atoms with Crippen molar-refractivity contribution in [3.63, 3.8) is 0 Å². The molecule has 0 aliphatic heterocycles. The second-order valence-corrected chi connectivity index (χ2v) is 5.19. The summed E-state index contributed by atoms with van der Waals surface area (Å²) in [5, 5.41) is 13.3. The number of hydrogen-bond acceptors (Lipinski definition) is 2. The van der Waals surface area contributed by atoms with Gasteiger partial charge in [0.05, 0.1) is 5.69 Å². The highest BCUT2D eigenvalue weighted by atomic mass is 19.1. The molecule has 4 nitrogen and oxygen atoms in total. The quantitative estimate of drug-likeness (QED) is 0.899. The molecule has 0 bridgehead atoms. The first kappa shape index (κ1) is 10.7. The minimum absolute atomic E-state index is 0.0745. The molecule has 0 spiro atoms. The van der Waals surface area contributed by atoms with Crippen LogP contribution in [0.1, 0.15) is 34.1 Å². The molecule has 1 saturated carbocycles. The number of benzene rings is 1. The van der Waals surface area contributed by atoms with E-state index >= 15 is 0 Å². The molecule has 1 N–H and O–H groups in total. The van der Waals surface area contributed by atoms with Gasteiger partial charge in [0.25, 0.3) is 0 Å². The van der Waals surface area contributed by atoms with Crippen molar-refractivity contribution < 1.29 is 14.3 Å². The normalized spacial score (nSPS) is 23.0. The van der Waals surface area contributed by atoms with E-state index in [2.05, 4.69) is 5.10 Å². The smallest absolute Gasteiger partial charge is 0.356 e. The highest BCUT2D eigenvalue weighted by Crippen LogP contribution is 2.57. The Morgan fingerprint density at radius 3 is 2.95 bits per heavy atom. The number of para-hydroxylation sites is 1.